The number of rotatable bonds is 5. The largest absolute Gasteiger partial charge is 0.316 e. The van der Waals surface area contributed by atoms with Crippen molar-refractivity contribution >= 4 is 22.2 Å². The maximum absolute atomic E-state index is 12.4. The van der Waals surface area contributed by atoms with E-state index in [0.717, 1.165) is 35.0 Å². The number of hydrogen-bond acceptors (Lipinski definition) is 4. The average molecular weight is 321 g/mol. The van der Waals surface area contributed by atoms with E-state index in [9.17, 15) is 4.79 Å². The number of amides is 1. The zero-order chi connectivity index (χ0) is 15.7. The second kappa shape index (κ2) is 6.67. The molecule has 2 aliphatic heterocycles. The molecule has 2 fully saturated rings. The first-order valence-corrected chi connectivity index (χ1v) is 9.33. The van der Waals surface area contributed by atoms with Crippen molar-refractivity contribution in [3.05, 3.63) is 10.7 Å². The van der Waals surface area contributed by atoms with E-state index in [1.807, 2.05) is 6.92 Å². The van der Waals surface area contributed by atoms with Crippen molar-refractivity contribution in [2.75, 3.05) is 5.32 Å². The molecule has 3 rings (SSSR count). The number of fused-ring (bicyclic) bond motifs is 2. The summed E-state index contributed by atoms with van der Waals surface area (Å²) in [4.78, 5) is 17.0. The van der Waals surface area contributed by atoms with Crippen LogP contribution in [0.5, 0.6) is 0 Å². The Hall–Kier alpha value is -0.940. The van der Waals surface area contributed by atoms with Gasteiger partial charge in [-0.25, -0.2) is 4.98 Å². The fraction of sp³-hybridized carbons (Fsp3) is 0.765. The number of carbonyl (C=O) groups is 1. The Balaban J connectivity index is 1.57. The Morgan fingerprint density at radius 2 is 2.05 bits per heavy atom. The van der Waals surface area contributed by atoms with E-state index in [-0.39, 0.29) is 5.91 Å². The average Bonchev–Trinajstić information content (AvgIpc) is 2.92. The van der Waals surface area contributed by atoms with Gasteiger partial charge in [-0.15, -0.1) is 11.3 Å². The quantitative estimate of drug-likeness (QED) is 0.872. The van der Waals surface area contributed by atoms with Crippen molar-refractivity contribution in [2.24, 2.45) is 11.8 Å². The van der Waals surface area contributed by atoms with Crippen molar-refractivity contribution in [2.45, 2.75) is 71.4 Å². The lowest BCUT2D eigenvalue weighted by molar-refractivity contribution is -0.117. The van der Waals surface area contributed by atoms with Gasteiger partial charge in [0.2, 0.25) is 5.91 Å². The number of aromatic nitrogens is 1. The fourth-order valence-electron chi connectivity index (χ4n) is 3.87. The summed E-state index contributed by atoms with van der Waals surface area (Å²) in [6, 6.07) is 1.30. The van der Waals surface area contributed by atoms with Crippen molar-refractivity contribution in [1.82, 2.24) is 10.3 Å². The lowest BCUT2D eigenvalue weighted by Gasteiger charge is -2.28. The zero-order valence-electron chi connectivity index (χ0n) is 13.8. The Labute approximate surface area is 137 Å². The minimum atomic E-state index is 0.167. The summed E-state index contributed by atoms with van der Waals surface area (Å²) in [6.45, 7) is 6.38. The highest BCUT2D eigenvalue weighted by atomic mass is 32.1. The second-order valence-electron chi connectivity index (χ2n) is 7.33. The van der Waals surface area contributed by atoms with Gasteiger partial charge < -0.3 is 10.6 Å². The first-order chi connectivity index (χ1) is 10.5. The SMILES string of the molecule is Cc1nc(CC(C)C)c(NC(=O)CC2CC3CCC(C2)N3)s1. The molecule has 0 aliphatic carbocycles. The molecular formula is C17H27N3OS. The van der Waals surface area contributed by atoms with E-state index >= 15 is 0 Å². The van der Waals surface area contributed by atoms with Crippen LogP contribution in [0.4, 0.5) is 5.00 Å². The number of thiazole rings is 1. The predicted octanol–water partition coefficient (Wildman–Crippen LogP) is 3.51. The molecule has 1 amide bonds. The van der Waals surface area contributed by atoms with Crippen LogP contribution in [0.25, 0.3) is 0 Å². The molecule has 0 saturated carbocycles. The molecule has 2 atom stereocenters. The van der Waals surface area contributed by atoms with Crippen LogP contribution in [0.2, 0.25) is 0 Å². The van der Waals surface area contributed by atoms with Crippen LogP contribution >= 0.6 is 11.3 Å². The summed E-state index contributed by atoms with van der Waals surface area (Å²) < 4.78 is 0. The Morgan fingerprint density at radius 1 is 1.36 bits per heavy atom. The standard InChI is InChI=1S/C17H27N3OS/c1-10(2)6-15-17(22-11(3)18-15)20-16(21)9-12-7-13-4-5-14(8-12)19-13/h10,12-14,19H,4-9H2,1-3H3,(H,20,21). The Morgan fingerprint density at radius 3 is 2.68 bits per heavy atom. The number of nitrogens with one attached hydrogen (secondary N) is 2. The molecule has 1 aromatic rings. The molecule has 3 heterocycles. The lowest BCUT2D eigenvalue weighted by Crippen LogP contribution is -2.39. The first-order valence-electron chi connectivity index (χ1n) is 8.51. The summed E-state index contributed by atoms with van der Waals surface area (Å²) in [5, 5.41) is 8.77. The van der Waals surface area contributed by atoms with Gasteiger partial charge in [0.05, 0.1) is 10.7 Å². The number of carbonyl (C=O) groups excluding carboxylic acids is 1. The molecule has 2 N–H and O–H groups in total. The normalized spacial score (nSPS) is 27.4. The summed E-state index contributed by atoms with van der Waals surface area (Å²) in [5.74, 6) is 1.26. The van der Waals surface area contributed by atoms with Crippen molar-refractivity contribution < 1.29 is 4.79 Å². The van der Waals surface area contributed by atoms with Crippen LogP contribution in [-0.4, -0.2) is 23.0 Å². The molecule has 4 nitrogen and oxygen atoms in total. The van der Waals surface area contributed by atoms with Crippen molar-refractivity contribution in [1.29, 1.82) is 0 Å². The molecule has 2 bridgehead atoms. The first kappa shape index (κ1) is 15.9. The molecule has 5 heteroatoms. The van der Waals surface area contributed by atoms with E-state index in [1.165, 1.54) is 12.8 Å². The van der Waals surface area contributed by atoms with Crippen LogP contribution in [0, 0.1) is 18.8 Å². The minimum absolute atomic E-state index is 0.167. The second-order valence-corrected chi connectivity index (χ2v) is 8.54. The molecule has 0 aromatic carbocycles. The third kappa shape index (κ3) is 3.87. The molecule has 2 unspecified atom stereocenters. The molecule has 0 radical (unpaired) electrons. The van der Waals surface area contributed by atoms with E-state index in [1.54, 1.807) is 11.3 Å². The third-order valence-electron chi connectivity index (χ3n) is 4.70. The minimum Gasteiger partial charge on any atom is -0.316 e. The van der Waals surface area contributed by atoms with Crippen molar-refractivity contribution in [3.63, 3.8) is 0 Å². The van der Waals surface area contributed by atoms with Gasteiger partial charge in [-0.3, -0.25) is 4.79 Å². The van der Waals surface area contributed by atoms with Gasteiger partial charge in [0.25, 0.3) is 0 Å². The Bertz CT molecular complexity index is 528. The maximum Gasteiger partial charge on any atom is 0.225 e. The molecule has 0 spiro atoms. The number of anilines is 1. The highest BCUT2D eigenvalue weighted by molar-refractivity contribution is 7.16. The topological polar surface area (TPSA) is 54.0 Å². The van der Waals surface area contributed by atoms with Gasteiger partial charge in [-0.2, -0.15) is 0 Å². The van der Waals surface area contributed by atoms with Gasteiger partial charge >= 0.3 is 0 Å². The van der Waals surface area contributed by atoms with E-state index in [4.69, 9.17) is 0 Å². The molecule has 22 heavy (non-hydrogen) atoms. The molecule has 2 aliphatic rings. The molecule has 2 saturated heterocycles. The summed E-state index contributed by atoms with van der Waals surface area (Å²) >= 11 is 1.60. The number of nitrogens with zero attached hydrogens (tertiary/aromatic N) is 1. The number of aryl methyl sites for hydroxylation is 1. The highest BCUT2D eigenvalue weighted by Gasteiger charge is 2.34. The van der Waals surface area contributed by atoms with Crippen LogP contribution < -0.4 is 10.6 Å². The maximum atomic E-state index is 12.4. The van der Waals surface area contributed by atoms with Gasteiger partial charge in [0, 0.05) is 18.5 Å². The van der Waals surface area contributed by atoms with E-state index in [2.05, 4.69) is 29.5 Å². The monoisotopic (exact) mass is 321 g/mol. The van der Waals surface area contributed by atoms with E-state index < -0.39 is 0 Å². The number of piperidine rings is 1. The summed E-state index contributed by atoms with van der Waals surface area (Å²) in [5.41, 5.74) is 1.05. The van der Waals surface area contributed by atoms with Crippen LogP contribution in [-0.2, 0) is 11.2 Å². The predicted molar refractivity (Wildman–Crippen MR) is 91.3 cm³/mol. The van der Waals surface area contributed by atoms with Crippen LogP contribution in [0.1, 0.15) is 56.7 Å². The van der Waals surface area contributed by atoms with Gasteiger partial charge in [-0.1, -0.05) is 13.8 Å². The van der Waals surface area contributed by atoms with Crippen LogP contribution in [0.3, 0.4) is 0 Å². The van der Waals surface area contributed by atoms with Crippen molar-refractivity contribution in [3.8, 4) is 0 Å². The molecule has 122 valence electrons. The highest BCUT2D eigenvalue weighted by Crippen LogP contribution is 2.33. The van der Waals surface area contributed by atoms with Crippen LogP contribution in [0.15, 0.2) is 0 Å². The smallest absolute Gasteiger partial charge is 0.225 e. The number of hydrogen-bond donors (Lipinski definition) is 2. The van der Waals surface area contributed by atoms with Gasteiger partial charge in [0.1, 0.15) is 5.00 Å². The lowest BCUT2D eigenvalue weighted by atomic mass is 9.89. The zero-order valence-corrected chi connectivity index (χ0v) is 14.6. The fourth-order valence-corrected chi connectivity index (χ4v) is 4.74. The third-order valence-corrected chi connectivity index (χ3v) is 5.63. The van der Waals surface area contributed by atoms with Gasteiger partial charge in [0.15, 0.2) is 0 Å². The van der Waals surface area contributed by atoms with Gasteiger partial charge in [-0.05, 0) is 50.9 Å². The Kier molecular flexibility index (Phi) is 4.83. The summed E-state index contributed by atoms with van der Waals surface area (Å²) in [6.07, 6.45) is 6.48. The van der Waals surface area contributed by atoms with E-state index in [0.29, 0.717) is 30.3 Å². The molecule has 1 aromatic heterocycles. The summed E-state index contributed by atoms with van der Waals surface area (Å²) in [7, 11) is 0. The molecular weight excluding hydrogens is 294 g/mol.